The first-order valence-electron chi connectivity index (χ1n) is 5.04. The fourth-order valence-electron chi connectivity index (χ4n) is 1.44. The second kappa shape index (κ2) is 4.58. The van der Waals surface area contributed by atoms with Gasteiger partial charge in [0.15, 0.2) is 5.79 Å². The lowest BCUT2D eigenvalue weighted by atomic mass is 10.0. The minimum absolute atomic E-state index is 0.0140. The number of hydrogen-bond acceptors (Lipinski definition) is 2. The summed E-state index contributed by atoms with van der Waals surface area (Å²) in [6.45, 7) is 5.75. The van der Waals surface area contributed by atoms with Crippen LogP contribution in [0.25, 0.3) is 0 Å². The summed E-state index contributed by atoms with van der Waals surface area (Å²) >= 11 is 0. The highest BCUT2D eigenvalue weighted by Gasteiger charge is 2.28. The second-order valence-electron chi connectivity index (χ2n) is 3.67. The van der Waals surface area contributed by atoms with Gasteiger partial charge in [0, 0.05) is 12.0 Å². The van der Waals surface area contributed by atoms with Crippen molar-refractivity contribution < 1.29 is 9.84 Å². The molecule has 1 N–H and O–H groups in total. The zero-order valence-corrected chi connectivity index (χ0v) is 9.03. The van der Waals surface area contributed by atoms with Crippen LogP contribution in [0, 0.1) is 0 Å². The Labute approximate surface area is 85.5 Å². The van der Waals surface area contributed by atoms with Crippen molar-refractivity contribution in [2.75, 3.05) is 0 Å². The largest absolute Gasteiger partial charge is 0.362 e. The second-order valence-corrected chi connectivity index (χ2v) is 3.67. The van der Waals surface area contributed by atoms with Crippen molar-refractivity contribution >= 4 is 0 Å². The maximum absolute atomic E-state index is 10.2. The summed E-state index contributed by atoms with van der Waals surface area (Å²) < 4.78 is 5.53. The smallest absolute Gasteiger partial charge is 0.192 e. The van der Waals surface area contributed by atoms with Crippen molar-refractivity contribution in [3.05, 3.63) is 35.9 Å². The SMILES string of the molecule is CCC(O)(OC(C)C)c1ccccc1. The summed E-state index contributed by atoms with van der Waals surface area (Å²) in [5, 5.41) is 10.2. The van der Waals surface area contributed by atoms with E-state index in [0.717, 1.165) is 5.56 Å². The van der Waals surface area contributed by atoms with Crippen LogP contribution in [0.4, 0.5) is 0 Å². The third-order valence-corrected chi connectivity index (χ3v) is 2.13. The molecule has 0 radical (unpaired) electrons. The Morgan fingerprint density at radius 1 is 1.29 bits per heavy atom. The fourth-order valence-corrected chi connectivity index (χ4v) is 1.44. The molecule has 1 aromatic rings. The van der Waals surface area contributed by atoms with E-state index in [2.05, 4.69) is 0 Å². The molecule has 0 fully saturated rings. The topological polar surface area (TPSA) is 29.5 Å². The molecular weight excluding hydrogens is 176 g/mol. The molecule has 1 aromatic carbocycles. The molecule has 1 atom stereocenters. The molecule has 0 saturated heterocycles. The van der Waals surface area contributed by atoms with E-state index in [1.807, 2.05) is 51.1 Å². The Balaban J connectivity index is 2.90. The van der Waals surface area contributed by atoms with Crippen LogP contribution in [0.5, 0.6) is 0 Å². The monoisotopic (exact) mass is 194 g/mol. The summed E-state index contributed by atoms with van der Waals surface area (Å²) in [5.74, 6) is -1.14. The van der Waals surface area contributed by atoms with Crippen LogP contribution in [0.15, 0.2) is 30.3 Å². The van der Waals surface area contributed by atoms with Crippen molar-refractivity contribution in [3.63, 3.8) is 0 Å². The lowest BCUT2D eigenvalue weighted by molar-refractivity contribution is -0.233. The zero-order valence-electron chi connectivity index (χ0n) is 9.03. The van der Waals surface area contributed by atoms with Crippen LogP contribution in [-0.4, -0.2) is 11.2 Å². The number of hydrogen-bond donors (Lipinski definition) is 1. The zero-order chi connectivity index (χ0) is 10.6. The molecule has 2 nitrogen and oxygen atoms in total. The van der Waals surface area contributed by atoms with Gasteiger partial charge >= 0.3 is 0 Å². The van der Waals surface area contributed by atoms with E-state index in [0.29, 0.717) is 6.42 Å². The Kier molecular flexibility index (Phi) is 3.67. The van der Waals surface area contributed by atoms with Gasteiger partial charge in [0.2, 0.25) is 0 Å². The number of aliphatic hydroxyl groups is 1. The molecule has 0 bridgehead atoms. The molecule has 14 heavy (non-hydrogen) atoms. The van der Waals surface area contributed by atoms with Gasteiger partial charge in [-0.05, 0) is 13.8 Å². The number of benzene rings is 1. The first kappa shape index (κ1) is 11.2. The maximum atomic E-state index is 10.2. The standard InChI is InChI=1S/C12H18O2/c1-4-12(13,14-10(2)3)11-8-6-5-7-9-11/h5-10,13H,4H2,1-3H3. The highest BCUT2D eigenvalue weighted by atomic mass is 16.6. The molecule has 0 aliphatic carbocycles. The Morgan fingerprint density at radius 2 is 1.86 bits per heavy atom. The van der Waals surface area contributed by atoms with Crippen LogP contribution >= 0.6 is 0 Å². The predicted molar refractivity (Wildman–Crippen MR) is 56.9 cm³/mol. The third-order valence-electron chi connectivity index (χ3n) is 2.13. The first-order chi connectivity index (χ1) is 6.58. The van der Waals surface area contributed by atoms with Crippen molar-refractivity contribution in [2.45, 2.75) is 39.1 Å². The van der Waals surface area contributed by atoms with Crippen molar-refractivity contribution in [1.82, 2.24) is 0 Å². The number of ether oxygens (including phenoxy) is 1. The molecule has 0 aliphatic rings. The molecule has 2 heteroatoms. The van der Waals surface area contributed by atoms with E-state index in [-0.39, 0.29) is 6.10 Å². The van der Waals surface area contributed by atoms with Gasteiger partial charge in [-0.15, -0.1) is 0 Å². The quantitative estimate of drug-likeness (QED) is 0.747. The van der Waals surface area contributed by atoms with Gasteiger partial charge in [0.25, 0.3) is 0 Å². The molecule has 0 aliphatic heterocycles. The molecule has 1 rings (SSSR count). The van der Waals surface area contributed by atoms with Gasteiger partial charge in [-0.3, -0.25) is 0 Å². The van der Waals surface area contributed by atoms with Crippen LogP contribution < -0.4 is 0 Å². The van der Waals surface area contributed by atoms with E-state index in [9.17, 15) is 5.11 Å². The van der Waals surface area contributed by atoms with Gasteiger partial charge in [0.05, 0.1) is 6.10 Å². The Morgan fingerprint density at radius 3 is 2.29 bits per heavy atom. The lowest BCUT2D eigenvalue weighted by Crippen LogP contribution is -2.31. The average molecular weight is 194 g/mol. The van der Waals surface area contributed by atoms with Crippen LogP contribution in [0.2, 0.25) is 0 Å². The summed E-state index contributed by atoms with van der Waals surface area (Å²) in [4.78, 5) is 0. The molecule has 0 aromatic heterocycles. The molecule has 0 saturated carbocycles. The van der Waals surface area contributed by atoms with Crippen molar-refractivity contribution in [2.24, 2.45) is 0 Å². The average Bonchev–Trinajstić information content (AvgIpc) is 2.18. The van der Waals surface area contributed by atoms with Gasteiger partial charge in [-0.25, -0.2) is 0 Å². The van der Waals surface area contributed by atoms with Gasteiger partial charge < -0.3 is 9.84 Å². The van der Waals surface area contributed by atoms with E-state index in [4.69, 9.17) is 4.74 Å². The third kappa shape index (κ3) is 2.56. The lowest BCUT2D eigenvalue weighted by Gasteiger charge is -2.29. The van der Waals surface area contributed by atoms with Crippen LogP contribution in [-0.2, 0) is 10.5 Å². The highest BCUT2D eigenvalue weighted by Crippen LogP contribution is 2.27. The Bertz CT molecular complexity index is 269. The minimum atomic E-state index is -1.14. The van der Waals surface area contributed by atoms with Crippen molar-refractivity contribution in [1.29, 1.82) is 0 Å². The molecule has 0 spiro atoms. The molecule has 78 valence electrons. The molecule has 0 amide bonds. The first-order valence-corrected chi connectivity index (χ1v) is 5.04. The van der Waals surface area contributed by atoms with E-state index in [1.165, 1.54) is 0 Å². The van der Waals surface area contributed by atoms with Gasteiger partial charge in [0.1, 0.15) is 0 Å². The van der Waals surface area contributed by atoms with E-state index < -0.39 is 5.79 Å². The molecular formula is C12H18O2. The fraction of sp³-hybridized carbons (Fsp3) is 0.500. The van der Waals surface area contributed by atoms with E-state index >= 15 is 0 Å². The molecule has 0 heterocycles. The summed E-state index contributed by atoms with van der Waals surface area (Å²) in [6, 6.07) is 9.49. The maximum Gasteiger partial charge on any atom is 0.192 e. The van der Waals surface area contributed by atoms with Gasteiger partial charge in [-0.2, -0.15) is 0 Å². The minimum Gasteiger partial charge on any atom is -0.362 e. The number of rotatable bonds is 4. The van der Waals surface area contributed by atoms with Crippen LogP contribution in [0.3, 0.4) is 0 Å². The highest BCUT2D eigenvalue weighted by molar-refractivity contribution is 5.19. The van der Waals surface area contributed by atoms with Gasteiger partial charge in [-0.1, -0.05) is 37.3 Å². The predicted octanol–water partition coefficient (Wildman–Crippen LogP) is 2.67. The van der Waals surface area contributed by atoms with Crippen molar-refractivity contribution in [3.8, 4) is 0 Å². The summed E-state index contributed by atoms with van der Waals surface area (Å²) in [7, 11) is 0. The van der Waals surface area contributed by atoms with E-state index in [1.54, 1.807) is 0 Å². The normalized spacial score (nSPS) is 15.5. The Hall–Kier alpha value is -0.860. The molecule has 1 unspecified atom stereocenters. The summed E-state index contributed by atoms with van der Waals surface area (Å²) in [6.07, 6.45) is 0.565. The van der Waals surface area contributed by atoms with Crippen LogP contribution in [0.1, 0.15) is 32.8 Å². The summed E-state index contributed by atoms with van der Waals surface area (Å²) in [5.41, 5.74) is 0.816.